The highest BCUT2D eigenvalue weighted by atomic mass is 35.5. The first-order chi connectivity index (χ1) is 9.67. The van der Waals surface area contributed by atoms with Crippen molar-refractivity contribution < 1.29 is 0 Å². The Bertz CT molecular complexity index is 748. The molecule has 1 aromatic carbocycles. The summed E-state index contributed by atoms with van der Waals surface area (Å²) in [7, 11) is 0. The van der Waals surface area contributed by atoms with Gasteiger partial charge in [-0.1, -0.05) is 11.6 Å². The minimum atomic E-state index is 0.392. The number of hydrogen-bond acceptors (Lipinski definition) is 3. The van der Waals surface area contributed by atoms with Gasteiger partial charge in [-0.3, -0.25) is 0 Å². The Labute approximate surface area is 131 Å². The molecule has 0 aliphatic rings. The summed E-state index contributed by atoms with van der Waals surface area (Å²) in [6, 6.07) is 5.72. The lowest BCUT2D eigenvalue weighted by Gasteiger charge is -2.06. The van der Waals surface area contributed by atoms with E-state index in [4.69, 9.17) is 23.2 Å². The highest BCUT2D eigenvalue weighted by Crippen LogP contribution is 2.22. The summed E-state index contributed by atoms with van der Waals surface area (Å²) in [5, 5.41) is 3.91. The van der Waals surface area contributed by atoms with Crippen LogP contribution in [0.3, 0.4) is 0 Å². The minimum absolute atomic E-state index is 0.392. The van der Waals surface area contributed by atoms with Crippen LogP contribution in [0.4, 0.5) is 0 Å². The van der Waals surface area contributed by atoms with Crippen molar-refractivity contribution in [2.24, 2.45) is 0 Å². The molecule has 0 saturated heterocycles. The molecule has 0 radical (unpaired) electrons. The molecular weight excluding hydrogens is 313 g/mol. The molecule has 3 rings (SSSR count). The normalized spacial score (nSPS) is 11.3. The molecule has 0 unspecified atom stereocenters. The quantitative estimate of drug-likeness (QED) is 0.664. The smallest absolute Gasteiger partial charge is 0.124 e. The van der Waals surface area contributed by atoms with Crippen molar-refractivity contribution in [3.05, 3.63) is 45.1 Å². The van der Waals surface area contributed by atoms with Gasteiger partial charge in [0.25, 0.3) is 0 Å². The number of fused-ring (bicyclic) bond motifs is 1. The Hall–Kier alpha value is -1.10. The molecule has 0 N–H and O–H groups in total. The number of alkyl halides is 1. The van der Waals surface area contributed by atoms with Gasteiger partial charge >= 0.3 is 0 Å². The zero-order valence-electron chi connectivity index (χ0n) is 10.9. The van der Waals surface area contributed by atoms with Crippen LogP contribution in [0.25, 0.3) is 11.0 Å². The van der Waals surface area contributed by atoms with Crippen LogP contribution in [-0.2, 0) is 18.8 Å². The first-order valence-electron chi connectivity index (χ1n) is 6.29. The largest absolute Gasteiger partial charge is 0.327 e. The van der Waals surface area contributed by atoms with Crippen molar-refractivity contribution in [1.29, 1.82) is 0 Å². The number of imidazole rings is 1. The van der Waals surface area contributed by atoms with Crippen LogP contribution in [0, 0.1) is 6.92 Å². The number of hydrogen-bond donors (Lipinski definition) is 0. The molecule has 104 valence electrons. The van der Waals surface area contributed by atoms with Crippen molar-refractivity contribution in [1.82, 2.24) is 14.5 Å². The summed E-state index contributed by atoms with van der Waals surface area (Å²) in [4.78, 5) is 9.03. The Morgan fingerprint density at radius 3 is 2.85 bits per heavy atom. The van der Waals surface area contributed by atoms with Crippen molar-refractivity contribution in [2.45, 2.75) is 25.8 Å². The molecule has 0 amide bonds. The molecule has 0 aliphatic carbocycles. The Morgan fingerprint density at radius 2 is 2.15 bits per heavy atom. The molecule has 6 heteroatoms. The third-order valence-electron chi connectivity index (χ3n) is 3.12. The molecule has 0 bridgehead atoms. The molecule has 2 aromatic heterocycles. The van der Waals surface area contributed by atoms with Crippen LogP contribution in [0.5, 0.6) is 0 Å². The number of rotatable bonds is 4. The van der Waals surface area contributed by atoms with Crippen LogP contribution >= 0.6 is 34.5 Å². The lowest BCUT2D eigenvalue weighted by molar-refractivity contribution is 0.685. The third kappa shape index (κ3) is 2.68. The maximum atomic E-state index is 6.08. The van der Waals surface area contributed by atoms with E-state index in [9.17, 15) is 0 Å². The monoisotopic (exact) mass is 325 g/mol. The van der Waals surface area contributed by atoms with E-state index < -0.39 is 0 Å². The molecule has 0 saturated carbocycles. The van der Waals surface area contributed by atoms with Gasteiger partial charge in [0.05, 0.1) is 21.9 Å². The average Bonchev–Trinajstić information content (AvgIpc) is 2.99. The lowest BCUT2D eigenvalue weighted by Crippen LogP contribution is -2.05. The second-order valence-electron chi connectivity index (χ2n) is 4.58. The standard InChI is InChI=1S/C14H13Cl2N3S/c1-9-8-20-14(17-9)4-5-19-12-6-10(16)2-3-11(12)18-13(19)7-15/h2-3,6,8H,4-5,7H2,1H3. The van der Waals surface area contributed by atoms with Crippen LogP contribution in [0.15, 0.2) is 23.6 Å². The van der Waals surface area contributed by atoms with Crippen molar-refractivity contribution in [3.63, 3.8) is 0 Å². The summed E-state index contributed by atoms with van der Waals surface area (Å²) < 4.78 is 2.13. The number of thiazole rings is 1. The van der Waals surface area contributed by atoms with Crippen LogP contribution < -0.4 is 0 Å². The summed E-state index contributed by atoms with van der Waals surface area (Å²) >= 11 is 13.8. The van der Waals surface area contributed by atoms with E-state index in [0.717, 1.165) is 40.5 Å². The fraction of sp³-hybridized carbons (Fsp3) is 0.286. The fourth-order valence-corrected chi connectivity index (χ4v) is 3.36. The molecular formula is C14H13Cl2N3S. The number of aryl methyl sites for hydroxylation is 3. The summed E-state index contributed by atoms with van der Waals surface area (Å²) in [6.45, 7) is 2.82. The van der Waals surface area contributed by atoms with Gasteiger partial charge in [0.1, 0.15) is 5.82 Å². The first kappa shape index (κ1) is 13.9. The Morgan fingerprint density at radius 1 is 1.30 bits per heavy atom. The zero-order chi connectivity index (χ0) is 14.1. The second-order valence-corrected chi connectivity index (χ2v) is 6.23. The Kier molecular flexibility index (Phi) is 3.96. The summed E-state index contributed by atoms with van der Waals surface area (Å²) in [5.41, 5.74) is 3.03. The number of benzene rings is 1. The molecule has 3 nitrogen and oxygen atoms in total. The number of aromatic nitrogens is 3. The van der Waals surface area contributed by atoms with Crippen LogP contribution in [0.1, 0.15) is 16.5 Å². The maximum Gasteiger partial charge on any atom is 0.124 e. The second kappa shape index (κ2) is 5.72. The zero-order valence-corrected chi connectivity index (χ0v) is 13.3. The van der Waals surface area contributed by atoms with E-state index in [1.54, 1.807) is 11.3 Å². The highest BCUT2D eigenvalue weighted by molar-refractivity contribution is 7.09. The predicted octanol–water partition coefficient (Wildman–Crippen LogP) is 4.44. The lowest BCUT2D eigenvalue weighted by atomic mass is 10.3. The average molecular weight is 326 g/mol. The molecule has 0 spiro atoms. The SMILES string of the molecule is Cc1csc(CCn2c(CCl)nc3ccc(Cl)cc32)n1. The van der Waals surface area contributed by atoms with E-state index in [-0.39, 0.29) is 0 Å². The van der Waals surface area contributed by atoms with E-state index in [2.05, 4.69) is 19.9 Å². The van der Waals surface area contributed by atoms with Crippen molar-refractivity contribution >= 4 is 45.6 Å². The molecule has 20 heavy (non-hydrogen) atoms. The van der Waals surface area contributed by atoms with Gasteiger partial charge < -0.3 is 4.57 Å². The summed E-state index contributed by atoms with van der Waals surface area (Å²) in [6.07, 6.45) is 0.875. The van der Waals surface area contributed by atoms with Crippen LogP contribution in [0.2, 0.25) is 5.02 Å². The topological polar surface area (TPSA) is 30.7 Å². The van der Waals surface area contributed by atoms with Crippen LogP contribution in [-0.4, -0.2) is 14.5 Å². The summed E-state index contributed by atoms with van der Waals surface area (Å²) in [5.74, 6) is 1.26. The van der Waals surface area contributed by atoms with Gasteiger partial charge in [0.2, 0.25) is 0 Å². The Balaban J connectivity index is 1.94. The molecule has 3 aromatic rings. The predicted molar refractivity (Wildman–Crippen MR) is 84.9 cm³/mol. The first-order valence-corrected chi connectivity index (χ1v) is 8.08. The van der Waals surface area contributed by atoms with E-state index in [1.807, 2.05) is 25.1 Å². The van der Waals surface area contributed by atoms with Gasteiger partial charge in [0, 0.05) is 29.1 Å². The molecule has 0 atom stereocenters. The highest BCUT2D eigenvalue weighted by Gasteiger charge is 2.11. The van der Waals surface area contributed by atoms with E-state index in [0.29, 0.717) is 10.9 Å². The minimum Gasteiger partial charge on any atom is -0.327 e. The number of halogens is 2. The van der Waals surface area contributed by atoms with E-state index >= 15 is 0 Å². The maximum absolute atomic E-state index is 6.08. The van der Waals surface area contributed by atoms with Crippen molar-refractivity contribution in [2.75, 3.05) is 0 Å². The van der Waals surface area contributed by atoms with Gasteiger partial charge in [-0.25, -0.2) is 9.97 Å². The van der Waals surface area contributed by atoms with Gasteiger partial charge in [-0.15, -0.1) is 22.9 Å². The number of nitrogens with zero attached hydrogens (tertiary/aromatic N) is 3. The van der Waals surface area contributed by atoms with Gasteiger partial charge in [-0.05, 0) is 25.1 Å². The molecule has 2 heterocycles. The van der Waals surface area contributed by atoms with E-state index in [1.165, 1.54) is 0 Å². The molecule has 0 aliphatic heterocycles. The third-order valence-corrected chi connectivity index (χ3v) is 4.63. The van der Waals surface area contributed by atoms with Gasteiger partial charge in [-0.2, -0.15) is 0 Å². The van der Waals surface area contributed by atoms with Gasteiger partial charge in [0.15, 0.2) is 0 Å². The van der Waals surface area contributed by atoms with Crippen molar-refractivity contribution in [3.8, 4) is 0 Å². The molecule has 0 fully saturated rings. The fourth-order valence-electron chi connectivity index (χ4n) is 2.22.